The second-order valence-electron chi connectivity index (χ2n) is 5.92. The Morgan fingerprint density at radius 1 is 0.920 bits per heavy atom. The molecule has 1 nitrogen and oxygen atoms in total. The van der Waals surface area contributed by atoms with Gasteiger partial charge in [-0.2, -0.15) is 0 Å². The first-order chi connectivity index (χ1) is 12.2. The van der Waals surface area contributed by atoms with E-state index in [0.717, 1.165) is 21.8 Å². The fourth-order valence-corrected chi connectivity index (χ4v) is 2.88. The number of fused-ring (bicyclic) bond motifs is 1. The summed E-state index contributed by atoms with van der Waals surface area (Å²) >= 11 is 0. The Labute approximate surface area is 148 Å². The highest BCUT2D eigenvalue weighted by Crippen LogP contribution is 2.22. The molecule has 1 heteroatoms. The van der Waals surface area contributed by atoms with Gasteiger partial charge in [0.15, 0.2) is 0 Å². The van der Waals surface area contributed by atoms with Gasteiger partial charge < -0.3 is 4.74 Å². The van der Waals surface area contributed by atoms with Crippen LogP contribution in [0.15, 0.2) is 78.9 Å². The number of methoxy groups -OCH3 is 1. The lowest BCUT2D eigenvalue weighted by Crippen LogP contribution is -2.23. The maximum absolute atomic E-state index is 5.29. The predicted molar refractivity (Wildman–Crippen MR) is 109 cm³/mol. The minimum absolute atomic E-state index is 0.881. The molecule has 0 aliphatic carbocycles. The van der Waals surface area contributed by atoms with E-state index >= 15 is 0 Å². The maximum Gasteiger partial charge on any atom is 0.119 e. The smallest absolute Gasteiger partial charge is 0.119 e. The molecule has 3 rings (SSSR count). The lowest BCUT2D eigenvalue weighted by molar-refractivity contribution is 0.415. The van der Waals surface area contributed by atoms with Crippen LogP contribution in [0.1, 0.15) is 12.5 Å². The van der Waals surface area contributed by atoms with Gasteiger partial charge in [0.05, 0.1) is 7.11 Å². The molecule has 0 aliphatic rings. The van der Waals surface area contributed by atoms with Crippen LogP contribution in [0.5, 0.6) is 5.75 Å². The Kier molecular flexibility index (Phi) is 5.15. The predicted octanol–water partition coefficient (Wildman–Crippen LogP) is 4.70. The minimum atomic E-state index is 0.881. The van der Waals surface area contributed by atoms with Gasteiger partial charge in [0.2, 0.25) is 0 Å². The van der Waals surface area contributed by atoms with Crippen molar-refractivity contribution in [1.29, 1.82) is 0 Å². The van der Waals surface area contributed by atoms with E-state index in [1.54, 1.807) is 7.11 Å². The van der Waals surface area contributed by atoms with Crippen LogP contribution in [-0.4, -0.2) is 7.11 Å². The Morgan fingerprint density at radius 2 is 1.68 bits per heavy atom. The maximum atomic E-state index is 5.29. The van der Waals surface area contributed by atoms with Gasteiger partial charge >= 0.3 is 0 Å². The lowest BCUT2D eigenvalue weighted by Gasteiger charge is -2.04. The van der Waals surface area contributed by atoms with E-state index in [1.807, 2.05) is 31.2 Å². The van der Waals surface area contributed by atoms with Crippen LogP contribution in [-0.2, 0) is 0 Å². The molecule has 0 saturated heterocycles. The molecule has 124 valence electrons. The van der Waals surface area contributed by atoms with Crippen molar-refractivity contribution < 1.29 is 4.74 Å². The molecule has 0 heterocycles. The second kappa shape index (κ2) is 7.67. The van der Waals surface area contributed by atoms with Crippen LogP contribution in [0.3, 0.4) is 0 Å². The summed E-state index contributed by atoms with van der Waals surface area (Å²) in [6.45, 7) is 6.17. The fourth-order valence-electron chi connectivity index (χ4n) is 2.88. The van der Waals surface area contributed by atoms with E-state index in [2.05, 4.69) is 67.3 Å². The molecule has 0 spiro atoms. The third-order valence-electron chi connectivity index (χ3n) is 4.20. The summed E-state index contributed by atoms with van der Waals surface area (Å²) in [5.41, 5.74) is 2.32. The van der Waals surface area contributed by atoms with Crippen molar-refractivity contribution in [2.24, 2.45) is 0 Å². The highest BCUT2D eigenvalue weighted by molar-refractivity contribution is 5.86. The topological polar surface area (TPSA) is 9.23 Å². The minimum Gasteiger partial charge on any atom is -0.497 e. The molecular weight excluding hydrogens is 304 g/mol. The van der Waals surface area contributed by atoms with Gasteiger partial charge in [0.25, 0.3) is 0 Å². The fraction of sp³-hybridized carbons (Fsp3) is 0.0833. The monoisotopic (exact) mass is 326 g/mol. The Balaban J connectivity index is 2.02. The van der Waals surface area contributed by atoms with E-state index in [-0.39, 0.29) is 0 Å². The van der Waals surface area contributed by atoms with Gasteiger partial charge in [0, 0.05) is 0 Å². The average molecular weight is 326 g/mol. The molecule has 0 unspecified atom stereocenters. The standard InChI is InChI=1S/C24H22O/c1-4-7-20(24-9-6-5-8-18(24)2)12-10-19-11-13-22-17-23(25-3)15-14-21(22)16-19/h4-17H,2H2,1,3H3/b7-4-,12-10+,24-20+. The Hall–Kier alpha value is -3.06. The normalized spacial score (nSPS) is 12.9. The van der Waals surface area contributed by atoms with E-state index in [4.69, 9.17) is 4.74 Å². The van der Waals surface area contributed by atoms with Crippen LogP contribution in [0.25, 0.3) is 29.0 Å². The van der Waals surface area contributed by atoms with Gasteiger partial charge in [-0.05, 0) is 57.5 Å². The third-order valence-corrected chi connectivity index (χ3v) is 4.20. The van der Waals surface area contributed by atoms with Crippen molar-refractivity contribution in [1.82, 2.24) is 0 Å². The molecular formula is C24H22O. The van der Waals surface area contributed by atoms with Crippen LogP contribution in [0.2, 0.25) is 0 Å². The summed E-state index contributed by atoms with van der Waals surface area (Å²) in [5.74, 6) is 0.881. The Morgan fingerprint density at radius 3 is 2.44 bits per heavy atom. The summed E-state index contributed by atoms with van der Waals surface area (Å²) in [6.07, 6.45) is 8.46. The summed E-state index contributed by atoms with van der Waals surface area (Å²) < 4.78 is 5.29. The molecule has 3 aromatic carbocycles. The molecule has 0 N–H and O–H groups in total. The van der Waals surface area contributed by atoms with Crippen molar-refractivity contribution in [3.05, 3.63) is 94.9 Å². The van der Waals surface area contributed by atoms with Gasteiger partial charge in [-0.3, -0.25) is 0 Å². The number of ether oxygens (including phenoxy) is 1. The SMILES string of the molecule is C=c1cccc/c1=C(/C=C\C)\C=C\c1ccc2cc(OC)ccc2c1. The summed E-state index contributed by atoms with van der Waals surface area (Å²) in [7, 11) is 1.69. The molecule has 3 aromatic rings. The Bertz CT molecular complexity index is 1050. The summed E-state index contributed by atoms with van der Waals surface area (Å²) in [5, 5.41) is 4.57. The van der Waals surface area contributed by atoms with Crippen molar-refractivity contribution in [3.8, 4) is 5.75 Å². The molecule has 0 amide bonds. The first kappa shape index (κ1) is 16.8. The van der Waals surface area contributed by atoms with Crippen molar-refractivity contribution in [3.63, 3.8) is 0 Å². The molecule has 0 radical (unpaired) electrons. The quantitative estimate of drug-likeness (QED) is 0.675. The lowest BCUT2D eigenvalue weighted by atomic mass is 10.0. The average Bonchev–Trinajstić information content (AvgIpc) is 2.65. The molecule has 0 aliphatic heterocycles. The van der Waals surface area contributed by atoms with E-state index in [0.29, 0.717) is 0 Å². The van der Waals surface area contributed by atoms with Gasteiger partial charge in [-0.15, -0.1) is 0 Å². The molecule has 0 saturated carbocycles. The number of hydrogen-bond acceptors (Lipinski definition) is 1. The number of rotatable bonds is 4. The molecule has 0 fully saturated rings. The van der Waals surface area contributed by atoms with Crippen molar-refractivity contribution in [2.75, 3.05) is 7.11 Å². The summed E-state index contributed by atoms with van der Waals surface area (Å²) in [4.78, 5) is 0. The highest BCUT2D eigenvalue weighted by Gasteiger charge is 1.98. The zero-order valence-corrected chi connectivity index (χ0v) is 14.7. The van der Waals surface area contributed by atoms with E-state index in [9.17, 15) is 0 Å². The van der Waals surface area contributed by atoms with Crippen molar-refractivity contribution >= 4 is 29.0 Å². The molecule has 0 aromatic heterocycles. The van der Waals surface area contributed by atoms with Crippen LogP contribution in [0, 0.1) is 0 Å². The van der Waals surface area contributed by atoms with Crippen LogP contribution < -0.4 is 15.2 Å². The zero-order valence-electron chi connectivity index (χ0n) is 14.7. The van der Waals surface area contributed by atoms with Crippen molar-refractivity contribution in [2.45, 2.75) is 6.92 Å². The van der Waals surface area contributed by atoms with E-state index in [1.165, 1.54) is 16.3 Å². The van der Waals surface area contributed by atoms with Gasteiger partial charge in [-0.25, -0.2) is 0 Å². The molecule has 0 bridgehead atoms. The van der Waals surface area contributed by atoms with Crippen LogP contribution in [0.4, 0.5) is 0 Å². The van der Waals surface area contributed by atoms with Crippen LogP contribution >= 0.6 is 0 Å². The second-order valence-corrected chi connectivity index (χ2v) is 5.92. The first-order valence-electron chi connectivity index (χ1n) is 8.38. The highest BCUT2D eigenvalue weighted by atomic mass is 16.5. The van der Waals surface area contributed by atoms with Gasteiger partial charge in [0.1, 0.15) is 5.75 Å². The number of benzene rings is 3. The molecule has 25 heavy (non-hydrogen) atoms. The van der Waals surface area contributed by atoms with E-state index < -0.39 is 0 Å². The molecule has 0 atom stereocenters. The number of allylic oxidation sites excluding steroid dienone is 3. The largest absolute Gasteiger partial charge is 0.497 e. The number of hydrogen-bond donors (Lipinski definition) is 0. The zero-order chi connectivity index (χ0) is 17.6. The third kappa shape index (κ3) is 3.89. The van der Waals surface area contributed by atoms with Gasteiger partial charge in [-0.1, -0.05) is 73.3 Å². The summed E-state index contributed by atoms with van der Waals surface area (Å²) in [6, 6.07) is 20.8. The first-order valence-corrected chi connectivity index (χ1v) is 8.38.